The van der Waals surface area contributed by atoms with Gasteiger partial charge < -0.3 is 14.2 Å². The first-order valence-electron chi connectivity index (χ1n) is 10.5. The summed E-state index contributed by atoms with van der Waals surface area (Å²) in [7, 11) is 0. The lowest BCUT2D eigenvalue weighted by molar-refractivity contribution is -0.145. The van der Waals surface area contributed by atoms with E-state index < -0.39 is 23.8 Å². The number of aryl methyl sites for hydroxylation is 1. The predicted molar refractivity (Wildman–Crippen MR) is 125 cm³/mol. The zero-order valence-corrected chi connectivity index (χ0v) is 19.6. The second-order valence-electron chi connectivity index (χ2n) is 7.12. The fraction of sp³-hybridized carbons (Fsp3) is 0.250. The average Bonchev–Trinajstić information content (AvgIpc) is 2.78. The van der Waals surface area contributed by atoms with Crippen molar-refractivity contribution in [3.05, 3.63) is 58.1 Å². The van der Waals surface area contributed by atoms with Gasteiger partial charge in [0.15, 0.2) is 18.1 Å². The molecule has 1 aliphatic rings. The van der Waals surface area contributed by atoms with Crippen molar-refractivity contribution in [2.45, 2.75) is 20.8 Å². The molecule has 1 saturated heterocycles. The predicted octanol–water partition coefficient (Wildman–Crippen LogP) is 3.66. The Morgan fingerprint density at radius 2 is 1.79 bits per heavy atom. The number of urea groups is 1. The number of nitrogens with zero attached hydrogens (tertiary/aromatic N) is 1. The van der Waals surface area contributed by atoms with Gasteiger partial charge >= 0.3 is 12.0 Å². The third-order valence-electron chi connectivity index (χ3n) is 4.74. The van der Waals surface area contributed by atoms with Crippen LogP contribution < -0.4 is 19.7 Å². The van der Waals surface area contributed by atoms with E-state index >= 15 is 0 Å². The van der Waals surface area contributed by atoms with Gasteiger partial charge in [-0.3, -0.25) is 14.9 Å². The van der Waals surface area contributed by atoms with Crippen LogP contribution in [0.25, 0.3) is 6.08 Å². The Labute approximate surface area is 201 Å². The molecule has 1 fully saturated rings. The van der Waals surface area contributed by atoms with Crippen LogP contribution in [0, 0.1) is 6.92 Å². The first kappa shape index (κ1) is 24.8. The minimum atomic E-state index is -0.871. The van der Waals surface area contributed by atoms with Crippen LogP contribution in [0.1, 0.15) is 25.0 Å². The molecule has 0 saturated carbocycles. The van der Waals surface area contributed by atoms with Gasteiger partial charge in [-0.15, -0.1) is 0 Å². The first-order chi connectivity index (χ1) is 16.2. The number of barbiturate groups is 1. The third kappa shape index (κ3) is 5.55. The van der Waals surface area contributed by atoms with Crippen molar-refractivity contribution in [2.24, 2.45) is 0 Å². The summed E-state index contributed by atoms with van der Waals surface area (Å²) in [6.07, 6.45) is 1.34. The molecule has 2 aromatic rings. The van der Waals surface area contributed by atoms with Gasteiger partial charge in [-0.25, -0.2) is 14.5 Å². The molecule has 0 unspecified atom stereocenters. The van der Waals surface area contributed by atoms with E-state index in [1.165, 1.54) is 12.1 Å². The number of hydrogen-bond donors (Lipinski definition) is 1. The van der Waals surface area contributed by atoms with Crippen molar-refractivity contribution in [3.63, 3.8) is 0 Å². The Hall–Kier alpha value is -3.85. The quantitative estimate of drug-likeness (QED) is 0.344. The Bertz CT molecular complexity index is 1180. The van der Waals surface area contributed by atoms with E-state index in [0.29, 0.717) is 28.7 Å². The van der Waals surface area contributed by atoms with E-state index in [9.17, 15) is 19.2 Å². The largest absolute Gasteiger partial charge is 0.490 e. The van der Waals surface area contributed by atoms with Crippen LogP contribution >= 0.6 is 11.6 Å². The molecule has 1 N–H and O–H groups in total. The molecular formula is C24H23ClN2O7. The molecule has 0 aromatic heterocycles. The van der Waals surface area contributed by atoms with E-state index in [0.717, 1.165) is 10.5 Å². The van der Waals surface area contributed by atoms with E-state index in [-0.39, 0.29) is 24.5 Å². The number of carbonyl (C=O) groups is 4. The maximum atomic E-state index is 13.1. The molecule has 1 heterocycles. The fourth-order valence-corrected chi connectivity index (χ4v) is 3.30. The molecular weight excluding hydrogens is 464 g/mol. The highest BCUT2D eigenvalue weighted by molar-refractivity contribution is 6.39. The third-order valence-corrected chi connectivity index (χ3v) is 5.15. The van der Waals surface area contributed by atoms with Gasteiger partial charge in [0, 0.05) is 5.02 Å². The number of imide groups is 2. The van der Waals surface area contributed by atoms with Crippen LogP contribution in [0.15, 0.2) is 42.0 Å². The number of rotatable bonds is 8. The lowest BCUT2D eigenvalue weighted by Crippen LogP contribution is -2.54. The zero-order chi connectivity index (χ0) is 24.8. The smallest absolute Gasteiger partial charge is 0.344 e. The summed E-state index contributed by atoms with van der Waals surface area (Å²) in [6, 6.07) is 8.52. The summed E-state index contributed by atoms with van der Waals surface area (Å²) in [5.74, 6) is -1.55. The number of amides is 4. The topological polar surface area (TPSA) is 111 Å². The summed E-state index contributed by atoms with van der Waals surface area (Å²) in [5.41, 5.74) is 1.20. The minimum Gasteiger partial charge on any atom is -0.490 e. The van der Waals surface area contributed by atoms with Crippen LogP contribution in [-0.2, 0) is 19.1 Å². The first-order valence-corrected chi connectivity index (χ1v) is 10.9. The molecule has 9 nitrogen and oxygen atoms in total. The lowest BCUT2D eigenvalue weighted by Gasteiger charge is -2.26. The summed E-state index contributed by atoms with van der Waals surface area (Å²) in [4.78, 5) is 50.4. The van der Waals surface area contributed by atoms with Crippen molar-refractivity contribution >= 4 is 47.2 Å². The molecule has 4 amide bonds. The second kappa shape index (κ2) is 10.8. The lowest BCUT2D eigenvalue weighted by atomic mass is 10.1. The van der Waals surface area contributed by atoms with Crippen molar-refractivity contribution in [1.82, 2.24) is 5.32 Å². The van der Waals surface area contributed by atoms with Gasteiger partial charge in [0.25, 0.3) is 11.8 Å². The number of hydrogen-bond acceptors (Lipinski definition) is 7. The number of anilines is 1. The molecule has 1 aliphatic heterocycles. The number of carbonyl (C=O) groups excluding carboxylic acids is 4. The minimum absolute atomic E-state index is 0.231. The Balaban J connectivity index is 1.91. The monoisotopic (exact) mass is 486 g/mol. The molecule has 10 heteroatoms. The molecule has 0 aliphatic carbocycles. The van der Waals surface area contributed by atoms with Crippen molar-refractivity contribution < 1.29 is 33.4 Å². The zero-order valence-electron chi connectivity index (χ0n) is 18.8. The maximum absolute atomic E-state index is 13.1. The number of ether oxygens (including phenoxy) is 3. The second-order valence-corrected chi connectivity index (χ2v) is 7.53. The van der Waals surface area contributed by atoms with E-state index in [2.05, 4.69) is 5.32 Å². The van der Waals surface area contributed by atoms with Crippen LogP contribution in [-0.4, -0.2) is 43.6 Å². The van der Waals surface area contributed by atoms with Gasteiger partial charge in [-0.1, -0.05) is 23.7 Å². The molecule has 178 valence electrons. The Morgan fingerprint density at radius 1 is 1.03 bits per heavy atom. The molecule has 0 spiro atoms. The van der Waals surface area contributed by atoms with Gasteiger partial charge in [0.05, 0.1) is 18.9 Å². The number of nitrogens with one attached hydrogen (secondary N) is 1. The normalized spacial score (nSPS) is 14.8. The van der Waals surface area contributed by atoms with Crippen molar-refractivity contribution in [3.8, 4) is 11.5 Å². The molecule has 34 heavy (non-hydrogen) atoms. The molecule has 0 radical (unpaired) electrons. The van der Waals surface area contributed by atoms with Crippen LogP contribution in [0.2, 0.25) is 5.02 Å². The van der Waals surface area contributed by atoms with E-state index in [1.807, 2.05) is 0 Å². The fourth-order valence-electron chi connectivity index (χ4n) is 3.12. The highest BCUT2D eigenvalue weighted by Crippen LogP contribution is 2.31. The van der Waals surface area contributed by atoms with Gasteiger partial charge in [-0.05, 0) is 62.2 Å². The summed E-state index contributed by atoms with van der Waals surface area (Å²) in [6.45, 7) is 5.49. The van der Waals surface area contributed by atoms with E-state index in [1.54, 1.807) is 51.1 Å². The standard InChI is InChI=1S/C24H23ClN2O7/c1-4-32-20-11-15(7-9-19(20)34-13-21(28)33-5-2)10-17-22(29)26-24(31)27(23(17)30)16-8-6-14(3)18(25)12-16/h6-12H,4-5,13H2,1-3H3,(H,26,29,31)/b17-10-. The van der Waals surface area contributed by atoms with Crippen molar-refractivity contribution in [1.29, 1.82) is 0 Å². The number of esters is 1. The maximum Gasteiger partial charge on any atom is 0.344 e. The summed E-state index contributed by atoms with van der Waals surface area (Å²) in [5, 5.41) is 2.54. The molecule has 0 bridgehead atoms. The van der Waals surface area contributed by atoms with Crippen LogP contribution in [0.3, 0.4) is 0 Å². The highest BCUT2D eigenvalue weighted by atomic mass is 35.5. The SMILES string of the molecule is CCOC(=O)COc1ccc(/C=C2/C(=O)NC(=O)N(c3ccc(C)c(Cl)c3)C2=O)cc1OCC. The Morgan fingerprint density at radius 3 is 2.47 bits per heavy atom. The summed E-state index contributed by atoms with van der Waals surface area (Å²) >= 11 is 6.14. The van der Waals surface area contributed by atoms with Crippen LogP contribution in [0.5, 0.6) is 11.5 Å². The molecule has 0 atom stereocenters. The van der Waals surface area contributed by atoms with Gasteiger partial charge in [-0.2, -0.15) is 0 Å². The van der Waals surface area contributed by atoms with Gasteiger partial charge in [0.1, 0.15) is 5.57 Å². The highest BCUT2D eigenvalue weighted by Gasteiger charge is 2.37. The number of benzene rings is 2. The van der Waals surface area contributed by atoms with E-state index in [4.69, 9.17) is 25.8 Å². The van der Waals surface area contributed by atoms with Crippen LogP contribution in [0.4, 0.5) is 10.5 Å². The Kier molecular flexibility index (Phi) is 7.91. The van der Waals surface area contributed by atoms with Gasteiger partial charge in [0.2, 0.25) is 0 Å². The summed E-state index contributed by atoms with van der Waals surface area (Å²) < 4.78 is 15.9. The van der Waals surface area contributed by atoms with Crippen molar-refractivity contribution in [2.75, 3.05) is 24.7 Å². The molecule has 2 aromatic carbocycles. The molecule has 3 rings (SSSR count). The number of halogens is 1. The average molecular weight is 487 g/mol.